The lowest BCUT2D eigenvalue weighted by Crippen LogP contribution is -2.55. The van der Waals surface area contributed by atoms with Crippen molar-refractivity contribution in [2.45, 2.75) is 68.2 Å². The Hall–Kier alpha value is -2.32. The van der Waals surface area contributed by atoms with Crippen molar-refractivity contribution in [2.75, 3.05) is 11.2 Å². The molecule has 9 heteroatoms. The third kappa shape index (κ3) is 5.11. The summed E-state index contributed by atoms with van der Waals surface area (Å²) in [6, 6.07) is 11.7. The fraction of sp³-hybridized carbons (Fsp3) is 0.458. The minimum Gasteiger partial charge on any atom is -0.478 e. The van der Waals surface area contributed by atoms with Crippen LogP contribution in [0.4, 0.5) is 10.1 Å². The van der Waals surface area contributed by atoms with E-state index in [0.29, 0.717) is 4.90 Å². The predicted molar refractivity (Wildman–Crippen MR) is 126 cm³/mol. The number of nitrogens with one attached hydrogen (secondary N) is 1. The van der Waals surface area contributed by atoms with E-state index in [4.69, 9.17) is 16.3 Å². The van der Waals surface area contributed by atoms with Crippen LogP contribution in [0, 0.1) is 5.82 Å². The lowest BCUT2D eigenvalue weighted by Gasteiger charge is -2.41. The molecule has 2 aliphatic rings. The number of halogens is 2. The molecule has 0 saturated carbocycles. The number of carbonyl (C=O) groups excluding carboxylic acids is 1. The highest BCUT2D eigenvalue weighted by molar-refractivity contribution is 7.90. The van der Waals surface area contributed by atoms with E-state index in [1.165, 1.54) is 24.5 Å². The fourth-order valence-electron chi connectivity index (χ4n) is 4.82. The van der Waals surface area contributed by atoms with Crippen LogP contribution in [0.2, 0.25) is 5.02 Å². The maximum Gasteiger partial charge on any atom is 0.263 e. The average molecular weight is 495 g/mol. The van der Waals surface area contributed by atoms with E-state index in [9.17, 15) is 17.6 Å². The van der Waals surface area contributed by atoms with Crippen molar-refractivity contribution in [1.82, 2.24) is 5.32 Å². The number of piperidine rings is 1. The van der Waals surface area contributed by atoms with E-state index in [0.717, 1.165) is 31.4 Å². The van der Waals surface area contributed by atoms with Crippen LogP contribution in [0.3, 0.4) is 0 Å². The average Bonchev–Trinajstić information content (AvgIpc) is 3.00. The monoisotopic (exact) mass is 494 g/mol. The Morgan fingerprint density at radius 3 is 2.27 bits per heavy atom. The lowest BCUT2D eigenvalue weighted by molar-refractivity contribution is -0.135. The minimum absolute atomic E-state index is 0.00204. The molecule has 0 aromatic heterocycles. The third-order valence-electron chi connectivity index (χ3n) is 6.44. The van der Waals surface area contributed by atoms with Crippen molar-refractivity contribution in [1.29, 1.82) is 0 Å². The highest BCUT2D eigenvalue weighted by Crippen LogP contribution is 2.39. The molecular formula is C24H28ClFN2O4S. The molecule has 178 valence electrons. The molecule has 0 unspecified atom stereocenters. The van der Waals surface area contributed by atoms with E-state index in [1.54, 1.807) is 26.0 Å². The maximum atomic E-state index is 13.7. The second-order valence-electron chi connectivity index (χ2n) is 9.39. The summed E-state index contributed by atoms with van der Waals surface area (Å²) in [6.07, 6.45) is 4.83. The van der Waals surface area contributed by atoms with Gasteiger partial charge in [-0.3, -0.25) is 4.79 Å². The zero-order valence-electron chi connectivity index (χ0n) is 18.8. The summed E-state index contributed by atoms with van der Waals surface area (Å²) < 4.78 is 43.0. The summed E-state index contributed by atoms with van der Waals surface area (Å²) in [5.41, 5.74) is -0.175. The van der Waals surface area contributed by atoms with Gasteiger partial charge in [-0.25, -0.2) is 12.8 Å². The molecule has 2 aromatic rings. The number of ether oxygens (including phenoxy) is 1. The number of amides is 1. The minimum atomic E-state index is -3.23. The van der Waals surface area contributed by atoms with Crippen LogP contribution in [0.1, 0.15) is 39.5 Å². The number of nitrogens with zero attached hydrogens (tertiary/aromatic N) is 1. The molecule has 2 fully saturated rings. The highest BCUT2D eigenvalue weighted by atomic mass is 35.5. The summed E-state index contributed by atoms with van der Waals surface area (Å²) in [6.45, 7) is 3.31. The van der Waals surface area contributed by atoms with Crippen LogP contribution in [0.15, 0.2) is 47.4 Å². The van der Waals surface area contributed by atoms with Crippen molar-refractivity contribution in [2.24, 2.45) is 0 Å². The molecule has 33 heavy (non-hydrogen) atoms. The van der Waals surface area contributed by atoms with E-state index >= 15 is 0 Å². The summed E-state index contributed by atoms with van der Waals surface area (Å²) >= 11 is 5.72. The van der Waals surface area contributed by atoms with Crippen LogP contribution in [-0.2, 0) is 14.6 Å². The fourth-order valence-corrected chi connectivity index (χ4v) is 5.57. The maximum absolute atomic E-state index is 13.7. The van der Waals surface area contributed by atoms with Gasteiger partial charge in [0, 0.05) is 36.1 Å². The first-order valence-corrected chi connectivity index (χ1v) is 13.2. The normalized spacial score (nSPS) is 22.8. The molecule has 1 N–H and O–H groups in total. The zero-order chi connectivity index (χ0) is 24.0. The Balaban J connectivity index is 1.40. The Labute approximate surface area is 199 Å². The lowest BCUT2D eigenvalue weighted by atomic mass is 9.95. The van der Waals surface area contributed by atoms with Crippen LogP contribution in [0.5, 0.6) is 5.75 Å². The molecule has 2 bridgehead atoms. The van der Waals surface area contributed by atoms with E-state index in [1.807, 2.05) is 12.1 Å². The number of anilines is 1. The molecule has 0 spiro atoms. The largest absolute Gasteiger partial charge is 0.478 e. The Morgan fingerprint density at radius 2 is 1.73 bits per heavy atom. The third-order valence-corrected chi connectivity index (χ3v) is 7.88. The number of hydrogen-bond acceptors (Lipinski definition) is 5. The van der Waals surface area contributed by atoms with Crippen molar-refractivity contribution in [3.63, 3.8) is 0 Å². The molecule has 2 aromatic carbocycles. The van der Waals surface area contributed by atoms with Crippen molar-refractivity contribution in [3.05, 3.63) is 53.3 Å². The van der Waals surface area contributed by atoms with Crippen molar-refractivity contribution >= 4 is 33.0 Å². The molecule has 6 nitrogen and oxygen atoms in total. The molecule has 2 heterocycles. The molecule has 0 aliphatic carbocycles. The van der Waals surface area contributed by atoms with Gasteiger partial charge in [-0.1, -0.05) is 11.6 Å². The predicted octanol–water partition coefficient (Wildman–Crippen LogP) is 4.36. The van der Waals surface area contributed by atoms with Gasteiger partial charge in [-0.15, -0.1) is 0 Å². The smallest absolute Gasteiger partial charge is 0.263 e. The van der Waals surface area contributed by atoms with Gasteiger partial charge < -0.3 is 15.0 Å². The van der Waals surface area contributed by atoms with Crippen molar-refractivity contribution in [3.8, 4) is 5.75 Å². The zero-order valence-corrected chi connectivity index (χ0v) is 20.4. The number of carbonyl (C=O) groups is 1. The van der Waals surface area contributed by atoms with Gasteiger partial charge in [-0.2, -0.15) is 0 Å². The van der Waals surface area contributed by atoms with Gasteiger partial charge in [0.25, 0.3) is 5.91 Å². The first-order valence-electron chi connectivity index (χ1n) is 11.0. The number of rotatable bonds is 6. The highest BCUT2D eigenvalue weighted by Gasteiger charge is 2.42. The standard InChI is InChI=1S/C24H28ClFN2O4S/c1-24(2,32-19-8-11-21(25)22(26)14-19)23(29)27-15-12-17-4-5-18(13-15)28(17)16-6-9-20(10-7-16)33(3,30)31/h6-11,14-15,17-18H,4-5,12-13H2,1-3H3,(H,27,29)/t15-,17+,18-. The molecule has 0 radical (unpaired) electrons. The molecular weight excluding hydrogens is 467 g/mol. The SMILES string of the molecule is CC(C)(Oc1ccc(Cl)c(F)c1)C(=O)N[C@H]1C[C@H]2CC[C@@H](C1)N2c1ccc(S(C)(=O)=O)cc1. The van der Waals surface area contributed by atoms with Crippen molar-refractivity contribution < 1.29 is 22.3 Å². The van der Waals surface area contributed by atoms with Gasteiger partial charge >= 0.3 is 0 Å². The Kier molecular flexibility index (Phi) is 6.35. The van der Waals surface area contributed by atoms with Gasteiger partial charge in [0.1, 0.15) is 11.6 Å². The summed E-state index contributed by atoms with van der Waals surface area (Å²) in [5, 5.41) is 3.12. The summed E-state index contributed by atoms with van der Waals surface area (Å²) in [7, 11) is -3.23. The molecule has 1 amide bonds. The topological polar surface area (TPSA) is 75.7 Å². The van der Waals surface area contributed by atoms with E-state index in [-0.39, 0.29) is 34.8 Å². The van der Waals surface area contributed by atoms with Gasteiger partial charge in [0.2, 0.25) is 0 Å². The van der Waals surface area contributed by atoms with Crippen LogP contribution in [-0.4, -0.2) is 44.3 Å². The van der Waals surface area contributed by atoms with Crippen LogP contribution >= 0.6 is 11.6 Å². The van der Waals surface area contributed by atoms with Gasteiger partial charge in [0.15, 0.2) is 15.4 Å². The Bertz CT molecular complexity index is 1140. The van der Waals surface area contributed by atoms with E-state index in [2.05, 4.69) is 10.2 Å². The first-order chi connectivity index (χ1) is 15.4. The second-order valence-corrected chi connectivity index (χ2v) is 11.8. The molecule has 3 atom stereocenters. The number of benzene rings is 2. The first kappa shape index (κ1) is 23.8. The Morgan fingerprint density at radius 1 is 1.12 bits per heavy atom. The summed E-state index contributed by atoms with van der Waals surface area (Å²) in [4.78, 5) is 15.6. The van der Waals surface area contributed by atoms with Gasteiger partial charge in [-0.05, 0) is 75.9 Å². The molecule has 2 aliphatic heterocycles. The van der Waals surface area contributed by atoms with Gasteiger partial charge in [0.05, 0.1) is 9.92 Å². The molecule has 2 saturated heterocycles. The number of sulfone groups is 1. The second kappa shape index (κ2) is 8.80. The van der Waals surface area contributed by atoms with E-state index < -0.39 is 21.3 Å². The quantitative estimate of drug-likeness (QED) is 0.646. The molecule has 4 rings (SSSR count). The van der Waals surface area contributed by atoms with Crippen LogP contribution in [0.25, 0.3) is 0 Å². The summed E-state index contributed by atoms with van der Waals surface area (Å²) in [5.74, 6) is -0.614. The van der Waals surface area contributed by atoms with Crippen LogP contribution < -0.4 is 15.0 Å². The number of fused-ring (bicyclic) bond motifs is 2. The number of hydrogen-bond donors (Lipinski definition) is 1.